The van der Waals surface area contributed by atoms with Crippen LogP contribution in [0.15, 0.2) is 60.7 Å². The van der Waals surface area contributed by atoms with Crippen LogP contribution >= 0.6 is 0 Å². The Hall–Kier alpha value is -3.67. The van der Waals surface area contributed by atoms with E-state index in [1.165, 1.54) is 26.4 Å². The van der Waals surface area contributed by atoms with Crippen molar-refractivity contribution >= 4 is 22.7 Å². The van der Waals surface area contributed by atoms with Gasteiger partial charge < -0.3 is 10.1 Å². The molecule has 0 atom stereocenters. The molecule has 6 nitrogen and oxygen atoms in total. The number of esters is 1. The van der Waals surface area contributed by atoms with Gasteiger partial charge in [-0.15, -0.1) is 0 Å². The summed E-state index contributed by atoms with van der Waals surface area (Å²) >= 11 is 0. The summed E-state index contributed by atoms with van der Waals surface area (Å²) in [5, 5.41) is 9.21. The molecule has 32 heavy (non-hydrogen) atoms. The molecule has 0 aliphatic heterocycles. The Kier molecular flexibility index (Phi) is 5.35. The zero-order valence-electron chi connectivity index (χ0n) is 18.3. The number of para-hydroxylation sites is 1. The maximum atomic E-state index is 12.4. The third-order valence-electron chi connectivity index (χ3n) is 6.22. The maximum Gasteiger partial charge on any atom is 0.356 e. The molecule has 1 aliphatic carbocycles. The van der Waals surface area contributed by atoms with Gasteiger partial charge in [-0.1, -0.05) is 36.8 Å². The lowest BCUT2D eigenvalue weighted by Gasteiger charge is -2.25. The summed E-state index contributed by atoms with van der Waals surface area (Å²) in [4.78, 5) is 17.0. The minimum atomic E-state index is -0.467. The van der Waals surface area contributed by atoms with Gasteiger partial charge in [-0.2, -0.15) is 5.10 Å². The van der Waals surface area contributed by atoms with Crippen LogP contribution in [0.5, 0.6) is 0 Å². The molecule has 6 heteroatoms. The van der Waals surface area contributed by atoms with Crippen LogP contribution in [0.3, 0.4) is 0 Å². The minimum Gasteiger partial charge on any atom is -0.464 e. The number of aromatic nitrogens is 3. The lowest BCUT2D eigenvalue weighted by molar-refractivity contribution is 0.0594. The molecular weight excluding hydrogens is 400 g/mol. The molecule has 1 fully saturated rings. The second kappa shape index (κ2) is 8.46. The molecule has 4 aromatic rings. The van der Waals surface area contributed by atoms with Crippen LogP contribution in [0, 0.1) is 12.8 Å². The Morgan fingerprint density at radius 1 is 1.12 bits per heavy atom. The summed E-state index contributed by atoms with van der Waals surface area (Å²) in [6, 6.07) is 20.0. The second-order valence-corrected chi connectivity index (χ2v) is 8.33. The van der Waals surface area contributed by atoms with Crippen LogP contribution < -0.4 is 5.32 Å². The van der Waals surface area contributed by atoms with Crippen molar-refractivity contribution in [3.05, 3.63) is 72.1 Å². The summed E-state index contributed by atoms with van der Waals surface area (Å²) in [5.41, 5.74) is 5.68. The van der Waals surface area contributed by atoms with Crippen molar-refractivity contribution in [1.82, 2.24) is 14.8 Å². The predicted octanol–water partition coefficient (Wildman–Crippen LogP) is 5.39. The molecule has 0 spiro atoms. The molecule has 0 radical (unpaired) electrons. The Morgan fingerprint density at radius 2 is 1.88 bits per heavy atom. The highest BCUT2D eigenvalue weighted by atomic mass is 16.5. The number of ether oxygens (including phenoxy) is 1. The Bertz CT molecular complexity index is 1260. The van der Waals surface area contributed by atoms with Crippen LogP contribution in [0.4, 0.5) is 5.69 Å². The number of fused-ring (bicyclic) bond motifs is 1. The monoisotopic (exact) mass is 426 g/mol. The first-order valence-electron chi connectivity index (χ1n) is 11.0. The highest BCUT2D eigenvalue weighted by molar-refractivity contribution is 6.00. The SMILES string of the molecule is COC(=O)c1cc(-c2ccc(NCC3CCC3)cc2)c2c(C)nn(-c3ccccc3)c2n1. The summed E-state index contributed by atoms with van der Waals surface area (Å²) in [5.74, 6) is 0.328. The third kappa shape index (κ3) is 3.73. The van der Waals surface area contributed by atoms with Gasteiger partial charge in [-0.05, 0) is 67.1 Å². The second-order valence-electron chi connectivity index (χ2n) is 8.33. The van der Waals surface area contributed by atoms with E-state index < -0.39 is 5.97 Å². The number of nitrogens with one attached hydrogen (secondary N) is 1. The fourth-order valence-corrected chi connectivity index (χ4v) is 4.20. The number of nitrogens with zero attached hydrogens (tertiary/aromatic N) is 3. The summed E-state index contributed by atoms with van der Waals surface area (Å²) in [6.07, 6.45) is 3.99. The van der Waals surface area contributed by atoms with E-state index in [0.717, 1.165) is 46.0 Å². The Labute approximate surface area is 187 Å². The summed E-state index contributed by atoms with van der Waals surface area (Å²) in [6.45, 7) is 2.99. The third-order valence-corrected chi connectivity index (χ3v) is 6.22. The number of aryl methyl sites for hydroxylation is 1. The molecule has 1 saturated carbocycles. The van der Waals surface area contributed by atoms with Gasteiger partial charge in [0.1, 0.15) is 0 Å². The van der Waals surface area contributed by atoms with Crippen LogP contribution in [-0.4, -0.2) is 34.4 Å². The van der Waals surface area contributed by atoms with Crippen molar-refractivity contribution in [3.63, 3.8) is 0 Å². The van der Waals surface area contributed by atoms with Crippen molar-refractivity contribution in [2.75, 3.05) is 19.0 Å². The van der Waals surface area contributed by atoms with E-state index in [-0.39, 0.29) is 5.69 Å². The van der Waals surface area contributed by atoms with Gasteiger partial charge in [-0.3, -0.25) is 0 Å². The molecule has 2 aromatic carbocycles. The van der Waals surface area contributed by atoms with Crippen molar-refractivity contribution in [1.29, 1.82) is 0 Å². The standard InChI is InChI=1S/C26H26N4O2/c1-17-24-22(19-11-13-20(14-12-19)27-16-18-7-6-8-18)15-23(26(31)32-2)28-25(24)30(29-17)21-9-4-3-5-10-21/h3-5,9-15,18,27H,6-8,16H2,1-2H3. The molecule has 0 amide bonds. The van der Waals surface area contributed by atoms with Crippen LogP contribution in [0.25, 0.3) is 27.8 Å². The van der Waals surface area contributed by atoms with E-state index in [4.69, 9.17) is 9.84 Å². The fourth-order valence-electron chi connectivity index (χ4n) is 4.20. The van der Waals surface area contributed by atoms with Crippen LogP contribution in [0.1, 0.15) is 35.4 Å². The van der Waals surface area contributed by atoms with E-state index in [9.17, 15) is 4.79 Å². The molecule has 5 rings (SSSR count). The average molecular weight is 427 g/mol. The first kappa shape index (κ1) is 20.2. The molecule has 2 aromatic heterocycles. The first-order valence-corrected chi connectivity index (χ1v) is 11.0. The first-order chi connectivity index (χ1) is 15.6. The topological polar surface area (TPSA) is 69.0 Å². The molecule has 2 heterocycles. The number of methoxy groups -OCH3 is 1. The lowest BCUT2D eigenvalue weighted by Crippen LogP contribution is -2.20. The Morgan fingerprint density at radius 3 is 2.53 bits per heavy atom. The van der Waals surface area contributed by atoms with Crippen molar-refractivity contribution < 1.29 is 9.53 Å². The fraction of sp³-hybridized carbons (Fsp3) is 0.269. The maximum absolute atomic E-state index is 12.4. The quantitative estimate of drug-likeness (QED) is 0.418. The molecule has 0 saturated heterocycles. The van der Waals surface area contributed by atoms with Gasteiger partial charge in [0.15, 0.2) is 11.3 Å². The number of hydrogen-bond donors (Lipinski definition) is 1. The van der Waals surface area contributed by atoms with E-state index in [1.807, 2.05) is 37.3 Å². The average Bonchev–Trinajstić information content (AvgIpc) is 3.14. The lowest BCUT2D eigenvalue weighted by atomic mass is 9.85. The van der Waals surface area contributed by atoms with Crippen molar-refractivity contribution in [2.45, 2.75) is 26.2 Å². The van der Waals surface area contributed by atoms with Gasteiger partial charge >= 0.3 is 5.97 Å². The molecular formula is C26H26N4O2. The number of hydrogen-bond acceptors (Lipinski definition) is 5. The molecule has 0 bridgehead atoms. The van der Waals surface area contributed by atoms with Crippen molar-refractivity contribution in [2.24, 2.45) is 5.92 Å². The zero-order valence-corrected chi connectivity index (χ0v) is 18.3. The van der Waals surface area contributed by atoms with Crippen molar-refractivity contribution in [3.8, 4) is 16.8 Å². The summed E-state index contributed by atoms with van der Waals surface area (Å²) in [7, 11) is 1.37. The van der Waals surface area contributed by atoms with E-state index >= 15 is 0 Å². The van der Waals surface area contributed by atoms with E-state index in [0.29, 0.717) is 5.65 Å². The smallest absolute Gasteiger partial charge is 0.356 e. The zero-order chi connectivity index (χ0) is 22.1. The number of rotatable bonds is 6. The van der Waals surface area contributed by atoms with Gasteiger partial charge in [0.05, 0.1) is 23.9 Å². The van der Waals surface area contributed by atoms with Crippen LogP contribution in [0.2, 0.25) is 0 Å². The number of benzene rings is 2. The van der Waals surface area contributed by atoms with Gasteiger partial charge in [0, 0.05) is 12.2 Å². The molecule has 162 valence electrons. The molecule has 0 unspecified atom stereocenters. The minimum absolute atomic E-state index is 0.263. The number of anilines is 1. The Balaban J connectivity index is 1.60. The van der Waals surface area contributed by atoms with Gasteiger partial charge in [0.25, 0.3) is 0 Å². The normalized spacial score (nSPS) is 13.7. The van der Waals surface area contributed by atoms with Gasteiger partial charge in [-0.25, -0.2) is 14.5 Å². The molecule has 1 aliphatic rings. The number of carbonyl (C=O) groups excluding carboxylic acids is 1. The van der Waals surface area contributed by atoms with Gasteiger partial charge in [0.2, 0.25) is 0 Å². The highest BCUT2D eigenvalue weighted by Crippen LogP contribution is 2.33. The number of pyridine rings is 1. The number of carbonyl (C=O) groups is 1. The molecule has 1 N–H and O–H groups in total. The largest absolute Gasteiger partial charge is 0.464 e. The highest BCUT2D eigenvalue weighted by Gasteiger charge is 2.20. The predicted molar refractivity (Wildman–Crippen MR) is 126 cm³/mol. The van der Waals surface area contributed by atoms with E-state index in [2.05, 4.69) is 34.6 Å². The van der Waals surface area contributed by atoms with Crippen LogP contribution in [-0.2, 0) is 4.74 Å². The summed E-state index contributed by atoms with van der Waals surface area (Å²) < 4.78 is 6.76. The van der Waals surface area contributed by atoms with E-state index in [1.54, 1.807) is 10.7 Å².